The lowest BCUT2D eigenvalue weighted by molar-refractivity contribution is -0.118. The maximum atomic E-state index is 14.6. The normalized spacial score (nSPS) is 14.3. The van der Waals surface area contributed by atoms with Gasteiger partial charge in [-0.2, -0.15) is 0 Å². The summed E-state index contributed by atoms with van der Waals surface area (Å²) < 4.78 is 40.4. The van der Waals surface area contributed by atoms with Gasteiger partial charge in [0.2, 0.25) is 5.91 Å². The van der Waals surface area contributed by atoms with Crippen molar-refractivity contribution in [1.82, 2.24) is 25.6 Å². The van der Waals surface area contributed by atoms with Crippen molar-refractivity contribution in [3.05, 3.63) is 77.4 Å². The van der Waals surface area contributed by atoms with E-state index < -0.39 is 17.7 Å². The summed E-state index contributed by atoms with van der Waals surface area (Å²) in [4.78, 5) is 17.0. The number of aryl methyl sites for hydroxylation is 1. The zero-order valence-electron chi connectivity index (χ0n) is 18.0. The van der Waals surface area contributed by atoms with Gasteiger partial charge < -0.3 is 5.32 Å². The average molecular weight is 464 g/mol. The largest absolute Gasteiger partial charge is 0.325 e. The van der Waals surface area contributed by atoms with Gasteiger partial charge >= 0.3 is 0 Å². The number of halogens is 3. The van der Waals surface area contributed by atoms with E-state index in [0.717, 1.165) is 5.56 Å². The van der Waals surface area contributed by atoms with E-state index in [1.165, 1.54) is 24.4 Å². The molecule has 10 heteroatoms. The highest BCUT2D eigenvalue weighted by Gasteiger charge is 2.52. The van der Waals surface area contributed by atoms with E-state index >= 15 is 0 Å². The van der Waals surface area contributed by atoms with Crippen molar-refractivity contribution in [1.29, 1.82) is 0 Å². The summed E-state index contributed by atoms with van der Waals surface area (Å²) in [6.07, 6.45) is -0.213. The Morgan fingerprint density at radius 2 is 1.91 bits per heavy atom. The van der Waals surface area contributed by atoms with Crippen LogP contribution in [0.2, 0.25) is 0 Å². The third-order valence-corrected chi connectivity index (χ3v) is 6.02. The summed E-state index contributed by atoms with van der Waals surface area (Å²) in [7, 11) is 0. The van der Waals surface area contributed by atoms with Gasteiger partial charge in [0.05, 0.1) is 5.41 Å². The summed E-state index contributed by atoms with van der Waals surface area (Å²) in [5.41, 5.74) is 2.17. The van der Waals surface area contributed by atoms with Gasteiger partial charge in [0.1, 0.15) is 11.5 Å². The van der Waals surface area contributed by atoms with Crippen LogP contribution in [-0.4, -0.2) is 31.5 Å². The number of anilines is 1. The minimum absolute atomic E-state index is 0.299. The number of H-pyrrole nitrogens is 1. The Hall–Kier alpha value is -4.08. The van der Waals surface area contributed by atoms with Crippen LogP contribution in [-0.2, 0) is 10.2 Å². The molecule has 7 nitrogen and oxygen atoms in total. The van der Waals surface area contributed by atoms with Crippen molar-refractivity contribution in [2.75, 3.05) is 5.32 Å². The molecule has 1 fully saturated rings. The predicted octanol–water partition coefficient (Wildman–Crippen LogP) is 4.98. The van der Waals surface area contributed by atoms with Gasteiger partial charge in [-0.1, -0.05) is 24.3 Å². The Balaban J connectivity index is 1.47. The third kappa shape index (κ3) is 3.91. The molecule has 2 heterocycles. The van der Waals surface area contributed by atoms with E-state index in [9.17, 15) is 18.0 Å². The highest BCUT2D eigenvalue weighted by Crippen LogP contribution is 2.50. The first-order chi connectivity index (χ1) is 16.4. The van der Waals surface area contributed by atoms with Gasteiger partial charge in [-0.25, -0.2) is 18.3 Å². The number of pyridine rings is 1. The number of carbonyl (C=O) groups is 1. The van der Waals surface area contributed by atoms with Crippen molar-refractivity contribution >= 4 is 11.6 Å². The lowest BCUT2D eigenvalue weighted by Gasteiger charge is -2.18. The molecule has 34 heavy (non-hydrogen) atoms. The monoisotopic (exact) mass is 464 g/mol. The van der Waals surface area contributed by atoms with Crippen molar-refractivity contribution in [2.24, 2.45) is 0 Å². The van der Waals surface area contributed by atoms with Crippen LogP contribution >= 0.6 is 0 Å². The van der Waals surface area contributed by atoms with E-state index in [-0.39, 0.29) is 11.6 Å². The maximum Gasteiger partial charge on any atom is 0.280 e. The van der Waals surface area contributed by atoms with Crippen LogP contribution in [0.4, 0.5) is 18.9 Å². The van der Waals surface area contributed by atoms with E-state index in [4.69, 9.17) is 0 Å². The predicted molar refractivity (Wildman–Crippen MR) is 118 cm³/mol. The fraction of sp³-hybridized carbons (Fsp3) is 0.208. The summed E-state index contributed by atoms with van der Waals surface area (Å²) in [5, 5.41) is 16.7. The second-order valence-electron chi connectivity index (χ2n) is 8.30. The first-order valence-corrected chi connectivity index (χ1v) is 10.6. The first-order valence-electron chi connectivity index (χ1n) is 10.6. The van der Waals surface area contributed by atoms with Crippen LogP contribution in [0.25, 0.3) is 22.5 Å². The summed E-state index contributed by atoms with van der Waals surface area (Å²) in [6.45, 7) is 1.80. The van der Waals surface area contributed by atoms with Crippen molar-refractivity contribution in [3.63, 3.8) is 0 Å². The number of nitrogens with zero attached hydrogens (tertiary/aromatic N) is 4. The number of amides is 1. The Bertz CT molecular complexity index is 1350. The molecule has 172 valence electrons. The number of rotatable bonds is 6. The minimum atomic E-state index is -2.67. The molecule has 0 spiro atoms. The van der Waals surface area contributed by atoms with Crippen LogP contribution < -0.4 is 5.32 Å². The van der Waals surface area contributed by atoms with Crippen LogP contribution in [0, 0.1) is 12.7 Å². The number of aromatic nitrogens is 5. The quantitative estimate of drug-likeness (QED) is 0.419. The van der Waals surface area contributed by atoms with Gasteiger partial charge in [-0.3, -0.25) is 9.78 Å². The molecule has 0 saturated heterocycles. The fourth-order valence-electron chi connectivity index (χ4n) is 4.04. The number of tetrazole rings is 1. The fourth-order valence-corrected chi connectivity index (χ4v) is 4.04. The van der Waals surface area contributed by atoms with Crippen molar-refractivity contribution in [3.8, 4) is 22.5 Å². The molecule has 2 N–H and O–H groups in total. The summed E-state index contributed by atoms with van der Waals surface area (Å²) in [5.74, 6) is -0.362. The Kier molecular flexibility index (Phi) is 5.35. The number of hydrogen-bond acceptors (Lipinski definition) is 5. The van der Waals surface area contributed by atoms with Crippen LogP contribution in [0.3, 0.4) is 0 Å². The second-order valence-corrected chi connectivity index (χ2v) is 8.30. The Labute approximate surface area is 192 Å². The lowest BCUT2D eigenvalue weighted by atomic mass is 9.93. The topological polar surface area (TPSA) is 96.5 Å². The van der Waals surface area contributed by atoms with Gasteiger partial charge in [0.15, 0.2) is 5.82 Å². The molecule has 1 amide bonds. The maximum absolute atomic E-state index is 14.6. The zero-order chi connectivity index (χ0) is 23.9. The van der Waals surface area contributed by atoms with Gasteiger partial charge in [-0.05, 0) is 65.6 Å². The smallest absolute Gasteiger partial charge is 0.280 e. The number of aromatic amines is 1. The van der Waals surface area contributed by atoms with Crippen LogP contribution in [0.1, 0.15) is 36.1 Å². The van der Waals surface area contributed by atoms with Crippen molar-refractivity contribution in [2.45, 2.75) is 31.6 Å². The minimum Gasteiger partial charge on any atom is -0.325 e. The van der Waals surface area contributed by atoms with Crippen molar-refractivity contribution < 1.29 is 18.0 Å². The van der Waals surface area contributed by atoms with Crippen LogP contribution in [0.5, 0.6) is 0 Å². The van der Waals surface area contributed by atoms with Gasteiger partial charge in [-0.15, -0.1) is 5.10 Å². The molecule has 1 aliphatic carbocycles. The summed E-state index contributed by atoms with van der Waals surface area (Å²) in [6, 6.07) is 12.8. The molecular formula is C24H19F3N6O. The zero-order valence-corrected chi connectivity index (χ0v) is 18.0. The number of benzene rings is 2. The Morgan fingerprint density at radius 3 is 2.53 bits per heavy atom. The molecule has 1 aliphatic rings. The first kappa shape index (κ1) is 21.7. The standard InChI is InChI=1S/C24H19F3N6O/c1-13-2-6-18(19(25)10-13)24(8-9-24)23(34)29-15-4-5-16(17(11-15)22-30-32-33-31-22)14-3-7-20(21(26)27)28-12-14/h2-7,10-12,21H,8-9H2,1H3,(H,29,34)(H,30,31,32,33). The van der Waals surface area contributed by atoms with Gasteiger partial charge in [0, 0.05) is 28.6 Å². The molecule has 0 bridgehead atoms. The van der Waals surface area contributed by atoms with E-state index in [2.05, 4.69) is 30.9 Å². The van der Waals surface area contributed by atoms with E-state index in [0.29, 0.717) is 46.6 Å². The number of carbonyl (C=O) groups excluding carboxylic acids is 1. The number of alkyl halides is 2. The molecule has 2 aromatic carbocycles. The second kappa shape index (κ2) is 8.36. The molecule has 0 unspecified atom stereocenters. The molecule has 5 rings (SSSR count). The molecule has 4 aromatic rings. The average Bonchev–Trinajstić information content (AvgIpc) is 3.44. The third-order valence-electron chi connectivity index (χ3n) is 6.02. The van der Waals surface area contributed by atoms with E-state index in [1.54, 1.807) is 37.3 Å². The molecule has 2 aromatic heterocycles. The highest BCUT2D eigenvalue weighted by atomic mass is 19.3. The van der Waals surface area contributed by atoms with Crippen LogP contribution in [0.15, 0.2) is 54.7 Å². The molecule has 1 saturated carbocycles. The molecule has 0 aliphatic heterocycles. The highest BCUT2D eigenvalue weighted by molar-refractivity contribution is 6.02. The molecule has 0 atom stereocenters. The lowest BCUT2D eigenvalue weighted by Crippen LogP contribution is -2.28. The summed E-state index contributed by atoms with van der Waals surface area (Å²) >= 11 is 0. The number of nitrogens with one attached hydrogen (secondary N) is 2. The van der Waals surface area contributed by atoms with Gasteiger partial charge in [0.25, 0.3) is 6.43 Å². The Morgan fingerprint density at radius 1 is 1.09 bits per heavy atom. The SMILES string of the molecule is Cc1ccc(C2(C(=O)Nc3ccc(-c4ccc(C(F)F)nc4)c(-c4nnn[nH]4)c3)CC2)c(F)c1. The number of hydrogen-bond donors (Lipinski definition) is 2. The molecule has 0 radical (unpaired) electrons. The molecular weight excluding hydrogens is 445 g/mol. The van der Waals surface area contributed by atoms with E-state index in [1.807, 2.05) is 0 Å².